The number of anilines is 1. The first-order chi connectivity index (χ1) is 9.02. The molecule has 0 unspecified atom stereocenters. The Kier molecular flexibility index (Phi) is 4.10. The van der Waals surface area contributed by atoms with E-state index in [0.717, 1.165) is 16.2 Å². The van der Waals surface area contributed by atoms with Crippen LogP contribution in [0.2, 0.25) is 0 Å². The van der Waals surface area contributed by atoms with Crippen molar-refractivity contribution in [2.75, 3.05) is 17.2 Å². The van der Waals surface area contributed by atoms with Crippen LogP contribution in [0.15, 0.2) is 35.2 Å². The molecule has 1 heterocycles. The second kappa shape index (κ2) is 5.61. The van der Waals surface area contributed by atoms with Gasteiger partial charge in [0, 0.05) is 23.4 Å². The lowest BCUT2D eigenvalue weighted by Gasteiger charge is -2.29. The third-order valence-corrected chi connectivity index (χ3v) is 4.02. The van der Waals surface area contributed by atoms with Crippen LogP contribution >= 0.6 is 11.8 Å². The second-order valence-electron chi connectivity index (χ2n) is 4.68. The summed E-state index contributed by atoms with van der Waals surface area (Å²) < 4.78 is 0. The molecule has 0 atom stereocenters. The van der Waals surface area contributed by atoms with Crippen molar-refractivity contribution in [1.29, 1.82) is 0 Å². The topological polar surface area (TPSA) is 37.4 Å². The predicted octanol–water partition coefficient (Wildman–Crippen LogP) is 3.29. The van der Waals surface area contributed by atoms with E-state index in [0.29, 0.717) is 24.3 Å². The van der Waals surface area contributed by atoms with Gasteiger partial charge in [-0.25, -0.2) is 0 Å². The Balaban J connectivity index is 2.43. The maximum Gasteiger partial charge on any atom is 0.237 e. The quantitative estimate of drug-likeness (QED) is 0.625. The molecule has 0 N–H and O–H groups in total. The van der Waals surface area contributed by atoms with Gasteiger partial charge in [-0.2, -0.15) is 0 Å². The molecule has 3 nitrogen and oxygen atoms in total. The van der Waals surface area contributed by atoms with Gasteiger partial charge in [-0.05, 0) is 19.1 Å². The first kappa shape index (κ1) is 13.9. The third-order valence-electron chi connectivity index (χ3n) is 2.97. The van der Waals surface area contributed by atoms with Crippen LogP contribution in [-0.2, 0) is 4.79 Å². The van der Waals surface area contributed by atoms with Gasteiger partial charge in [0.1, 0.15) is 0 Å². The molecule has 1 aromatic carbocycles. The molecule has 0 spiro atoms. The fraction of sp³-hybridized carbons (Fsp3) is 0.333. The normalized spacial score (nSPS) is 14.2. The Morgan fingerprint density at radius 2 is 2.21 bits per heavy atom. The van der Waals surface area contributed by atoms with Crippen molar-refractivity contribution in [2.24, 2.45) is 0 Å². The SMILES string of the molecule is C=C(C)CN1C(=O)CSc2ccc(C(=O)CC)cc21. The van der Waals surface area contributed by atoms with Gasteiger partial charge in [0.25, 0.3) is 0 Å². The Morgan fingerprint density at radius 1 is 1.47 bits per heavy atom. The number of carbonyl (C=O) groups is 2. The van der Waals surface area contributed by atoms with E-state index in [1.54, 1.807) is 4.90 Å². The van der Waals surface area contributed by atoms with E-state index >= 15 is 0 Å². The van der Waals surface area contributed by atoms with Crippen molar-refractivity contribution in [3.63, 3.8) is 0 Å². The zero-order valence-electron chi connectivity index (χ0n) is 11.2. The lowest BCUT2D eigenvalue weighted by atomic mass is 10.1. The van der Waals surface area contributed by atoms with Crippen LogP contribution in [0.4, 0.5) is 5.69 Å². The van der Waals surface area contributed by atoms with Crippen LogP contribution in [0, 0.1) is 0 Å². The zero-order chi connectivity index (χ0) is 14.0. The van der Waals surface area contributed by atoms with E-state index in [4.69, 9.17) is 0 Å². The molecule has 4 heteroatoms. The molecule has 0 fully saturated rings. The van der Waals surface area contributed by atoms with Crippen LogP contribution in [0.25, 0.3) is 0 Å². The molecule has 0 bridgehead atoms. The number of ketones is 1. The summed E-state index contributed by atoms with van der Waals surface area (Å²) >= 11 is 1.52. The second-order valence-corrected chi connectivity index (χ2v) is 5.70. The van der Waals surface area contributed by atoms with Crippen molar-refractivity contribution >= 4 is 29.1 Å². The van der Waals surface area contributed by atoms with Crippen LogP contribution in [0.1, 0.15) is 30.6 Å². The van der Waals surface area contributed by atoms with Gasteiger partial charge < -0.3 is 4.90 Å². The Hall–Kier alpha value is -1.55. The van der Waals surface area contributed by atoms with Crippen molar-refractivity contribution in [3.8, 4) is 0 Å². The summed E-state index contributed by atoms with van der Waals surface area (Å²) in [5.41, 5.74) is 2.44. The number of hydrogen-bond donors (Lipinski definition) is 0. The highest BCUT2D eigenvalue weighted by molar-refractivity contribution is 8.00. The van der Waals surface area contributed by atoms with E-state index in [-0.39, 0.29) is 11.7 Å². The van der Waals surface area contributed by atoms with Gasteiger partial charge in [0.2, 0.25) is 5.91 Å². The third kappa shape index (κ3) is 2.89. The molecule has 0 aromatic heterocycles. The van der Waals surface area contributed by atoms with E-state index in [2.05, 4.69) is 6.58 Å². The largest absolute Gasteiger partial charge is 0.306 e. The monoisotopic (exact) mass is 275 g/mol. The molecular formula is C15H17NO2S. The Labute approximate surface area is 117 Å². The minimum Gasteiger partial charge on any atom is -0.306 e. The van der Waals surface area contributed by atoms with Crippen molar-refractivity contribution in [3.05, 3.63) is 35.9 Å². The van der Waals surface area contributed by atoms with E-state index in [9.17, 15) is 9.59 Å². The average molecular weight is 275 g/mol. The fourth-order valence-electron chi connectivity index (χ4n) is 2.02. The molecule has 1 aromatic rings. The molecule has 2 rings (SSSR count). The number of carbonyl (C=O) groups excluding carboxylic acids is 2. The smallest absolute Gasteiger partial charge is 0.237 e. The molecule has 1 aliphatic heterocycles. The number of fused-ring (bicyclic) bond motifs is 1. The Morgan fingerprint density at radius 3 is 2.84 bits per heavy atom. The first-order valence-corrected chi connectivity index (χ1v) is 7.26. The highest BCUT2D eigenvalue weighted by Crippen LogP contribution is 2.36. The van der Waals surface area contributed by atoms with Crippen LogP contribution in [0.3, 0.4) is 0 Å². The zero-order valence-corrected chi connectivity index (χ0v) is 12.0. The summed E-state index contributed by atoms with van der Waals surface area (Å²) in [6.07, 6.45) is 0.473. The van der Waals surface area contributed by atoms with E-state index < -0.39 is 0 Å². The summed E-state index contributed by atoms with van der Waals surface area (Å²) in [5.74, 6) is 0.615. The lowest BCUT2D eigenvalue weighted by molar-refractivity contribution is -0.116. The Bertz CT molecular complexity index is 551. The standard InChI is InChI=1S/C15H17NO2S/c1-4-13(17)11-5-6-14-12(7-11)16(8-10(2)3)15(18)9-19-14/h5-7H,2,4,8-9H2,1,3H3. The van der Waals surface area contributed by atoms with Crippen molar-refractivity contribution < 1.29 is 9.59 Å². The van der Waals surface area contributed by atoms with Gasteiger partial charge in [-0.3, -0.25) is 9.59 Å². The summed E-state index contributed by atoms with van der Waals surface area (Å²) in [4.78, 5) is 26.6. The summed E-state index contributed by atoms with van der Waals surface area (Å²) in [5, 5.41) is 0. The molecule has 0 saturated carbocycles. The summed E-state index contributed by atoms with van der Waals surface area (Å²) in [7, 11) is 0. The maximum atomic E-state index is 12.0. The number of rotatable bonds is 4. The number of amides is 1. The minimum atomic E-state index is 0.0709. The summed E-state index contributed by atoms with van der Waals surface area (Å²) in [6.45, 7) is 8.11. The lowest BCUT2D eigenvalue weighted by Crippen LogP contribution is -2.36. The van der Waals surface area contributed by atoms with Crippen LogP contribution in [-0.4, -0.2) is 24.0 Å². The number of thioether (sulfide) groups is 1. The van der Waals surface area contributed by atoms with E-state index in [1.165, 1.54) is 11.8 Å². The van der Waals surface area contributed by atoms with Crippen LogP contribution < -0.4 is 4.90 Å². The molecule has 100 valence electrons. The minimum absolute atomic E-state index is 0.0709. The molecule has 0 saturated heterocycles. The number of benzene rings is 1. The average Bonchev–Trinajstić information content (AvgIpc) is 2.40. The first-order valence-electron chi connectivity index (χ1n) is 6.27. The molecule has 0 radical (unpaired) electrons. The van der Waals surface area contributed by atoms with Gasteiger partial charge in [-0.1, -0.05) is 25.1 Å². The summed E-state index contributed by atoms with van der Waals surface area (Å²) in [6, 6.07) is 5.60. The molecule has 19 heavy (non-hydrogen) atoms. The maximum absolute atomic E-state index is 12.0. The van der Waals surface area contributed by atoms with Gasteiger partial charge in [0.05, 0.1) is 11.4 Å². The van der Waals surface area contributed by atoms with Crippen LogP contribution in [0.5, 0.6) is 0 Å². The highest BCUT2D eigenvalue weighted by Gasteiger charge is 2.25. The van der Waals surface area contributed by atoms with Crippen molar-refractivity contribution in [1.82, 2.24) is 0 Å². The number of hydrogen-bond acceptors (Lipinski definition) is 3. The molecule has 1 aliphatic rings. The van der Waals surface area contributed by atoms with Gasteiger partial charge >= 0.3 is 0 Å². The van der Waals surface area contributed by atoms with Gasteiger partial charge in [0.15, 0.2) is 5.78 Å². The predicted molar refractivity (Wildman–Crippen MR) is 79.0 cm³/mol. The highest BCUT2D eigenvalue weighted by atomic mass is 32.2. The molecule has 0 aliphatic carbocycles. The van der Waals surface area contributed by atoms with Crippen molar-refractivity contribution in [2.45, 2.75) is 25.2 Å². The fourth-order valence-corrected chi connectivity index (χ4v) is 2.94. The molecular weight excluding hydrogens is 258 g/mol. The number of nitrogens with zero attached hydrogens (tertiary/aromatic N) is 1. The molecule has 1 amide bonds. The van der Waals surface area contributed by atoms with Gasteiger partial charge in [-0.15, -0.1) is 11.8 Å². The van der Waals surface area contributed by atoms with E-state index in [1.807, 2.05) is 32.0 Å². The number of Topliss-reactive ketones (excluding diaryl/α,β-unsaturated/α-hetero) is 1.